The van der Waals surface area contributed by atoms with Gasteiger partial charge in [-0.3, -0.25) is 9.59 Å². The van der Waals surface area contributed by atoms with Crippen LogP contribution in [-0.2, 0) is 9.59 Å². The van der Waals surface area contributed by atoms with Gasteiger partial charge in [-0.25, -0.2) is 0 Å². The van der Waals surface area contributed by atoms with E-state index in [4.69, 9.17) is 11.6 Å². The van der Waals surface area contributed by atoms with Gasteiger partial charge in [0.2, 0.25) is 0 Å². The van der Waals surface area contributed by atoms with Crippen molar-refractivity contribution in [3.05, 3.63) is 29.3 Å². The molecule has 1 aromatic carbocycles. The second-order valence-corrected chi connectivity index (χ2v) is 6.69. The summed E-state index contributed by atoms with van der Waals surface area (Å²) >= 11 is 6.05. The first-order chi connectivity index (χ1) is 12.0. The Morgan fingerprint density at radius 2 is 1.88 bits per heavy atom. The van der Waals surface area contributed by atoms with Gasteiger partial charge in [0, 0.05) is 43.4 Å². The summed E-state index contributed by atoms with van der Waals surface area (Å²) < 4.78 is 0. The second kappa shape index (κ2) is 9.63. The number of amides is 2. The third-order valence-corrected chi connectivity index (χ3v) is 4.73. The van der Waals surface area contributed by atoms with Gasteiger partial charge in [0.05, 0.1) is 6.54 Å². The van der Waals surface area contributed by atoms with Crippen molar-refractivity contribution in [1.29, 1.82) is 0 Å². The average molecular weight is 368 g/mol. The quantitative estimate of drug-likeness (QED) is 0.715. The number of benzene rings is 1. The zero-order valence-corrected chi connectivity index (χ0v) is 15.8. The molecule has 0 saturated carbocycles. The van der Waals surface area contributed by atoms with Crippen LogP contribution in [0.1, 0.15) is 13.8 Å². The maximum absolute atomic E-state index is 12.5. The first-order valence-electron chi connectivity index (χ1n) is 8.92. The molecular formula is C18H28ClN4O2+. The largest absolute Gasteiger partial charge is 0.368 e. The zero-order chi connectivity index (χ0) is 18.2. The average Bonchev–Trinajstić information content (AvgIpc) is 2.61. The first kappa shape index (κ1) is 19.5. The maximum Gasteiger partial charge on any atom is 0.277 e. The molecule has 1 heterocycles. The molecule has 0 bridgehead atoms. The third kappa shape index (κ3) is 5.90. The first-order valence-corrected chi connectivity index (χ1v) is 9.29. The Hall–Kier alpha value is -1.79. The van der Waals surface area contributed by atoms with Gasteiger partial charge in [-0.05, 0) is 32.0 Å². The summed E-state index contributed by atoms with van der Waals surface area (Å²) in [6.45, 7) is 8.97. The number of hydrogen-bond donors (Lipinski definition) is 2. The third-order valence-electron chi connectivity index (χ3n) is 4.49. The van der Waals surface area contributed by atoms with Crippen molar-refractivity contribution in [2.24, 2.45) is 0 Å². The number of likely N-dealkylation sites (N-methyl/N-ethyl adjacent to an activating group) is 2. The fraction of sp³-hybridized carbons (Fsp3) is 0.556. The minimum absolute atomic E-state index is 0.00192. The highest BCUT2D eigenvalue weighted by Gasteiger charge is 2.25. The molecule has 0 aliphatic carbocycles. The Morgan fingerprint density at radius 3 is 2.48 bits per heavy atom. The number of quaternary nitrogens is 1. The predicted molar refractivity (Wildman–Crippen MR) is 100 cm³/mol. The van der Waals surface area contributed by atoms with Crippen molar-refractivity contribution < 1.29 is 14.5 Å². The molecule has 2 amide bonds. The smallest absolute Gasteiger partial charge is 0.277 e. The second-order valence-electron chi connectivity index (χ2n) is 6.26. The highest BCUT2D eigenvalue weighted by molar-refractivity contribution is 6.30. The molecule has 1 saturated heterocycles. The molecule has 0 aromatic heterocycles. The van der Waals surface area contributed by atoms with E-state index in [-0.39, 0.29) is 11.8 Å². The van der Waals surface area contributed by atoms with Crippen LogP contribution < -0.4 is 15.1 Å². The van der Waals surface area contributed by atoms with Gasteiger partial charge in [0.15, 0.2) is 13.1 Å². The number of carbonyl (C=O) groups excluding carboxylic acids is 2. The molecule has 0 radical (unpaired) electrons. The Balaban J connectivity index is 1.83. The normalized spacial score (nSPS) is 15.8. The van der Waals surface area contributed by atoms with E-state index in [0.717, 1.165) is 35.2 Å². The summed E-state index contributed by atoms with van der Waals surface area (Å²) in [5.74, 6) is 0.116. The van der Waals surface area contributed by atoms with Crippen molar-refractivity contribution in [2.45, 2.75) is 13.8 Å². The van der Waals surface area contributed by atoms with E-state index in [2.05, 4.69) is 10.2 Å². The van der Waals surface area contributed by atoms with Gasteiger partial charge in [-0.1, -0.05) is 17.7 Å². The molecule has 1 atom stereocenters. The summed E-state index contributed by atoms with van der Waals surface area (Å²) in [6.07, 6.45) is 0. The molecule has 25 heavy (non-hydrogen) atoms. The van der Waals surface area contributed by atoms with E-state index in [1.54, 1.807) is 0 Å². The van der Waals surface area contributed by atoms with E-state index < -0.39 is 0 Å². The molecule has 138 valence electrons. The lowest BCUT2D eigenvalue weighted by Crippen LogP contribution is -3.14. The van der Waals surface area contributed by atoms with Gasteiger partial charge in [0.25, 0.3) is 11.8 Å². The van der Waals surface area contributed by atoms with Crippen LogP contribution in [0.25, 0.3) is 0 Å². The molecule has 6 nitrogen and oxygen atoms in total. The van der Waals surface area contributed by atoms with Crippen LogP contribution in [0.5, 0.6) is 0 Å². The number of nitrogens with one attached hydrogen (secondary N) is 2. The van der Waals surface area contributed by atoms with E-state index >= 15 is 0 Å². The van der Waals surface area contributed by atoms with Gasteiger partial charge < -0.3 is 20.0 Å². The number of hydrogen-bond acceptors (Lipinski definition) is 3. The van der Waals surface area contributed by atoms with Crippen LogP contribution in [0.2, 0.25) is 5.02 Å². The fourth-order valence-corrected chi connectivity index (χ4v) is 3.20. The molecule has 2 N–H and O–H groups in total. The van der Waals surface area contributed by atoms with Crippen LogP contribution in [0.3, 0.4) is 0 Å². The molecule has 1 unspecified atom stereocenters. The van der Waals surface area contributed by atoms with E-state index in [0.29, 0.717) is 32.7 Å². The fourth-order valence-electron chi connectivity index (χ4n) is 3.01. The van der Waals surface area contributed by atoms with E-state index in [1.165, 1.54) is 0 Å². The Labute approximate surface area is 154 Å². The number of rotatable bonds is 7. The summed E-state index contributed by atoms with van der Waals surface area (Å²) in [5.41, 5.74) is 1.09. The Kier molecular flexibility index (Phi) is 7.52. The topological polar surface area (TPSA) is 57.1 Å². The molecular weight excluding hydrogens is 340 g/mol. The van der Waals surface area contributed by atoms with Crippen molar-refractivity contribution >= 4 is 29.1 Å². The Bertz CT molecular complexity index is 588. The van der Waals surface area contributed by atoms with Gasteiger partial charge in [-0.2, -0.15) is 0 Å². The maximum atomic E-state index is 12.5. The molecule has 2 rings (SSSR count). The van der Waals surface area contributed by atoms with Crippen molar-refractivity contribution in [1.82, 2.24) is 10.2 Å². The zero-order valence-electron chi connectivity index (χ0n) is 15.1. The highest BCUT2D eigenvalue weighted by atomic mass is 35.5. The lowest BCUT2D eigenvalue weighted by molar-refractivity contribution is -0.882. The molecule has 1 aromatic rings. The summed E-state index contributed by atoms with van der Waals surface area (Å²) in [7, 11) is 0. The van der Waals surface area contributed by atoms with E-state index in [1.807, 2.05) is 43.0 Å². The van der Waals surface area contributed by atoms with Gasteiger partial charge in [0.1, 0.15) is 0 Å². The number of piperazine rings is 1. The minimum atomic E-state index is -0.00192. The monoisotopic (exact) mass is 367 g/mol. The Morgan fingerprint density at radius 1 is 1.16 bits per heavy atom. The molecule has 7 heteroatoms. The summed E-state index contributed by atoms with van der Waals surface area (Å²) in [5, 5.41) is 3.51. The van der Waals surface area contributed by atoms with Gasteiger partial charge in [-0.15, -0.1) is 0 Å². The van der Waals surface area contributed by atoms with E-state index in [9.17, 15) is 9.59 Å². The SMILES string of the molecule is CCNC(=O)C[NH+](CC)CC(=O)N1CCN(c2cccc(Cl)c2)CC1. The van der Waals surface area contributed by atoms with Crippen LogP contribution in [0.4, 0.5) is 5.69 Å². The van der Waals surface area contributed by atoms with Crippen LogP contribution in [0, 0.1) is 0 Å². The number of halogens is 1. The number of anilines is 1. The number of carbonyl (C=O) groups is 2. The van der Waals surface area contributed by atoms with Crippen LogP contribution >= 0.6 is 11.6 Å². The highest BCUT2D eigenvalue weighted by Crippen LogP contribution is 2.20. The lowest BCUT2D eigenvalue weighted by atomic mass is 10.2. The number of nitrogens with zero attached hydrogens (tertiary/aromatic N) is 2. The van der Waals surface area contributed by atoms with Gasteiger partial charge >= 0.3 is 0 Å². The van der Waals surface area contributed by atoms with Crippen LogP contribution in [-0.4, -0.2) is 69.1 Å². The van der Waals surface area contributed by atoms with Crippen molar-refractivity contribution in [2.75, 3.05) is 57.3 Å². The molecule has 1 aliphatic rings. The molecule has 0 spiro atoms. The summed E-state index contributed by atoms with van der Waals surface area (Å²) in [6, 6.07) is 7.80. The predicted octanol–water partition coefficient (Wildman–Crippen LogP) is 0.0295. The summed E-state index contributed by atoms with van der Waals surface area (Å²) in [4.78, 5) is 29.4. The minimum Gasteiger partial charge on any atom is -0.368 e. The van der Waals surface area contributed by atoms with Crippen LogP contribution in [0.15, 0.2) is 24.3 Å². The van der Waals surface area contributed by atoms with Crippen molar-refractivity contribution in [3.8, 4) is 0 Å². The lowest BCUT2D eigenvalue weighted by Gasteiger charge is -2.36. The molecule has 1 aliphatic heterocycles. The van der Waals surface area contributed by atoms with Crippen molar-refractivity contribution in [3.63, 3.8) is 0 Å². The molecule has 1 fully saturated rings. The standard InChI is InChI=1S/C18H27ClN4O2/c1-3-20-17(24)13-21(4-2)14-18(25)23-10-8-22(9-11-23)16-7-5-6-15(19)12-16/h5-7,12H,3-4,8-11,13-14H2,1-2H3,(H,20,24)/p+1.